The quantitative estimate of drug-likeness (QED) is 0.216. The first-order valence-corrected chi connectivity index (χ1v) is 14.3. The summed E-state index contributed by atoms with van der Waals surface area (Å²) in [6.45, 7) is 5.26. The Morgan fingerprint density at radius 2 is 1.46 bits per heavy atom. The van der Waals surface area contributed by atoms with Crippen molar-refractivity contribution >= 4 is 52.2 Å². The third-order valence-corrected chi connectivity index (χ3v) is 7.85. The zero-order valence-corrected chi connectivity index (χ0v) is 25.4. The number of esters is 1. The Labute approximate surface area is 252 Å². The molecule has 10 heteroatoms. The summed E-state index contributed by atoms with van der Waals surface area (Å²) in [6.07, 6.45) is -0.710. The Morgan fingerprint density at radius 3 is 2.02 bits per heavy atom. The average Bonchev–Trinajstić information content (AvgIpc) is 3.27. The Bertz CT molecular complexity index is 1430. The summed E-state index contributed by atoms with van der Waals surface area (Å²) in [5, 5.41) is 8.05. The van der Waals surface area contributed by atoms with E-state index in [0.29, 0.717) is 14.8 Å². The SMILES string of the molecule is COC(=O)c1ccc(NC(=O)C(C)NC(=O)C(NC(=O)OCC2c3ccccc3-c3ccccc32)C(C)C)cc1I. The number of carbonyl (C=O) groups excluding carboxylic acids is 4. The number of nitrogens with one attached hydrogen (secondary N) is 3. The minimum absolute atomic E-state index is 0.104. The van der Waals surface area contributed by atoms with Gasteiger partial charge in [0, 0.05) is 15.2 Å². The molecule has 0 saturated heterocycles. The lowest BCUT2D eigenvalue weighted by atomic mass is 9.98. The van der Waals surface area contributed by atoms with Gasteiger partial charge in [0.15, 0.2) is 0 Å². The fourth-order valence-corrected chi connectivity index (χ4v) is 5.53. The minimum Gasteiger partial charge on any atom is -0.465 e. The molecule has 2 atom stereocenters. The van der Waals surface area contributed by atoms with Gasteiger partial charge in [-0.2, -0.15) is 0 Å². The molecule has 0 heterocycles. The van der Waals surface area contributed by atoms with Crippen molar-refractivity contribution in [3.8, 4) is 11.1 Å². The van der Waals surface area contributed by atoms with E-state index in [0.717, 1.165) is 22.3 Å². The average molecular weight is 670 g/mol. The predicted molar refractivity (Wildman–Crippen MR) is 164 cm³/mol. The first-order chi connectivity index (χ1) is 19.6. The zero-order valence-electron chi connectivity index (χ0n) is 23.2. The number of alkyl carbamates (subject to hydrolysis) is 1. The molecule has 3 aromatic carbocycles. The number of hydrogen-bond acceptors (Lipinski definition) is 6. The maximum absolute atomic E-state index is 13.1. The largest absolute Gasteiger partial charge is 0.465 e. The van der Waals surface area contributed by atoms with Crippen LogP contribution in [0.25, 0.3) is 11.1 Å². The third-order valence-electron chi connectivity index (χ3n) is 6.96. The van der Waals surface area contributed by atoms with E-state index in [9.17, 15) is 19.2 Å². The molecule has 3 aromatic rings. The Kier molecular flexibility index (Phi) is 9.64. The molecule has 214 valence electrons. The fourth-order valence-electron chi connectivity index (χ4n) is 4.79. The molecule has 1 aliphatic rings. The van der Waals surface area contributed by atoms with E-state index in [2.05, 4.69) is 28.1 Å². The first-order valence-electron chi connectivity index (χ1n) is 13.2. The highest BCUT2D eigenvalue weighted by molar-refractivity contribution is 14.1. The lowest BCUT2D eigenvalue weighted by Gasteiger charge is -2.24. The molecule has 3 N–H and O–H groups in total. The van der Waals surface area contributed by atoms with Crippen LogP contribution in [-0.2, 0) is 19.1 Å². The van der Waals surface area contributed by atoms with Crippen LogP contribution in [0, 0.1) is 9.49 Å². The van der Waals surface area contributed by atoms with Gasteiger partial charge in [-0.1, -0.05) is 62.4 Å². The molecule has 0 aromatic heterocycles. The standard InChI is InChI=1S/C31H32IN3O6/c1-17(2)27(29(37)33-18(3)28(36)34-19-13-14-24(26(32)15-19)30(38)40-4)35-31(39)41-16-25-22-11-7-5-9-20(22)21-10-6-8-12-23(21)25/h5-15,17-18,25,27H,16H2,1-4H3,(H,33,37)(H,34,36)(H,35,39). The van der Waals surface area contributed by atoms with Crippen molar-refractivity contribution < 1.29 is 28.7 Å². The summed E-state index contributed by atoms with van der Waals surface area (Å²) in [5.74, 6) is -1.81. The summed E-state index contributed by atoms with van der Waals surface area (Å²) in [5.41, 5.74) is 5.27. The van der Waals surface area contributed by atoms with Crippen LogP contribution >= 0.6 is 22.6 Å². The van der Waals surface area contributed by atoms with Crippen LogP contribution in [0.3, 0.4) is 0 Å². The Morgan fingerprint density at radius 1 is 0.854 bits per heavy atom. The van der Waals surface area contributed by atoms with Crippen LogP contribution in [0.5, 0.6) is 0 Å². The van der Waals surface area contributed by atoms with E-state index in [1.165, 1.54) is 7.11 Å². The topological polar surface area (TPSA) is 123 Å². The maximum Gasteiger partial charge on any atom is 0.407 e. The molecule has 4 rings (SSSR count). The number of fused-ring (bicyclic) bond motifs is 3. The van der Waals surface area contributed by atoms with Crippen molar-refractivity contribution in [3.05, 3.63) is 87.0 Å². The number of methoxy groups -OCH3 is 1. The van der Waals surface area contributed by atoms with Crippen molar-refractivity contribution in [3.63, 3.8) is 0 Å². The number of ether oxygens (including phenoxy) is 2. The van der Waals surface area contributed by atoms with Gasteiger partial charge in [-0.15, -0.1) is 0 Å². The van der Waals surface area contributed by atoms with Crippen LogP contribution in [0.4, 0.5) is 10.5 Å². The van der Waals surface area contributed by atoms with Gasteiger partial charge in [0.1, 0.15) is 18.7 Å². The normalized spacial score (nSPS) is 13.4. The smallest absolute Gasteiger partial charge is 0.407 e. The van der Waals surface area contributed by atoms with Crippen molar-refractivity contribution in [2.24, 2.45) is 5.92 Å². The summed E-state index contributed by atoms with van der Waals surface area (Å²) < 4.78 is 11.0. The molecule has 0 fully saturated rings. The van der Waals surface area contributed by atoms with E-state index in [-0.39, 0.29) is 18.4 Å². The number of halogens is 1. The molecule has 0 radical (unpaired) electrons. The zero-order chi connectivity index (χ0) is 29.7. The van der Waals surface area contributed by atoms with Crippen molar-refractivity contribution in [2.75, 3.05) is 19.0 Å². The molecule has 0 aliphatic heterocycles. The monoisotopic (exact) mass is 669 g/mol. The molecule has 41 heavy (non-hydrogen) atoms. The number of anilines is 1. The molecule has 1 aliphatic carbocycles. The number of benzene rings is 3. The van der Waals surface area contributed by atoms with Gasteiger partial charge in [0.25, 0.3) is 0 Å². The molecule has 0 bridgehead atoms. The third kappa shape index (κ3) is 6.87. The number of amides is 3. The predicted octanol–water partition coefficient (Wildman–Crippen LogP) is 5.08. The van der Waals surface area contributed by atoms with Gasteiger partial charge in [0.2, 0.25) is 11.8 Å². The summed E-state index contributed by atoms with van der Waals surface area (Å²) in [6, 6.07) is 19.0. The second-order valence-corrected chi connectivity index (χ2v) is 11.3. The van der Waals surface area contributed by atoms with Gasteiger partial charge in [0.05, 0.1) is 12.7 Å². The highest BCUT2D eigenvalue weighted by atomic mass is 127. The highest BCUT2D eigenvalue weighted by Crippen LogP contribution is 2.44. The van der Waals surface area contributed by atoms with Gasteiger partial charge in [-0.25, -0.2) is 9.59 Å². The van der Waals surface area contributed by atoms with Crippen LogP contribution < -0.4 is 16.0 Å². The van der Waals surface area contributed by atoms with Crippen LogP contribution in [0.1, 0.15) is 48.2 Å². The van der Waals surface area contributed by atoms with Crippen molar-refractivity contribution in [1.82, 2.24) is 10.6 Å². The molecule has 9 nitrogen and oxygen atoms in total. The van der Waals surface area contributed by atoms with Gasteiger partial charge >= 0.3 is 12.1 Å². The van der Waals surface area contributed by atoms with Gasteiger partial charge in [-0.05, 0) is 75.9 Å². The van der Waals surface area contributed by atoms with E-state index < -0.39 is 36.0 Å². The molecule has 0 spiro atoms. The summed E-state index contributed by atoms with van der Waals surface area (Å²) in [7, 11) is 1.30. The number of carbonyl (C=O) groups is 4. The van der Waals surface area contributed by atoms with Crippen molar-refractivity contribution in [1.29, 1.82) is 0 Å². The van der Waals surface area contributed by atoms with Gasteiger partial charge < -0.3 is 25.4 Å². The van der Waals surface area contributed by atoms with Crippen molar-refractivity contribution in [2.45, 2.75) is 38.8 Å². The van der Waals surface area contributed by atoms with Crippen LogP contribution in [-0.4, -0.2) is 49.7 Å². The molecule has 2 unspecified atom stereocenters. The second kappa shape index (κ2) is 13.2. The summed E-state index contributed by atoms with van der Waals surface area (Å²) >= 11 is 1.98. The number of rotatable bonds is 9. The van der Waals surface area contributed by atoms with E-state index >= 15 is 0 Å². The molecule has 0 saturated carbocycles. The van der Waals surface area contributed by atoms with Crippen LogP contribution in [0.2, 0.25) is 0 Å². The van der Waals surface area contributed by atoms with E-state index in [4.69, 9.17) is 9.47 Å². The maximum atomic E-state index is 13.1. The summed E-state index contributed by atoms with van der Waals surface area (Å²) in [4.78, 5) is 50.4. The minimum atomic E-state index is -0.916. The lowest BCUT2D eigenvalue weighted by molar-refractivity contribution is -0.128. The van der Waals surface area contributed by atoms with E-state index in [1.807, 2.05) is 59.0 Å². The highest BCUT2D eigenvalue weighted by Gasteiger charge is 2.31. The fraction of sp³-hybridized carbons (Fsp3) is 0.290. The number of hydrogen-bond donors (Lipinski definition) is 3. The lowest BCUT2D eigenvalue weighted by Crippen LogP contribution is -2.53. The Hall–Kier alpha value is -3.93. The second-order valence-electron chi connectivity index (χ2n) is 10.1. The molecular weight excluding hydrogens is 637 g/mol. The molecular formula is C31H32IN3O6. The first kappa shape index (κ1) is 30.0. The molecule has 3 amide bonds. The van der Waals surface area contributed by atoms with Gasteiger partial charge in [-0.3, -0.25) is 9.59 Å². The van der Waals surface area contributed by atoms with Crippen LogP contribution in [0.15, 0.2) is 66.7 Å². The Balaban J connectivity index is 1.34. The van der Waals surface area contributed by atoms with E-state index in [1.54, 1.807) is 39.0 Å².